The zero-order chi connectivity index (χ0) is 12.1. The molecule has 1 saturated heterocycles. The van der Waals surface area contributed by atoms with Crippen LogP contribution in [0.1, 0.15) is 47.5 Å². The van der Waals surface area contributed by atoms with Gasteiger partial charge in [-0.15, -0.1) is 0 Å². The molecule has 0 aromatic heterocycles. The van der Waals surface area contributed by atoms with Gasteiger partial charge in [-0.1, -0.05) is 20.8 Å². The van der Waals surface area contributed by atoms with Gasteiger partial charge in [-0.25, -0.2) is 0 Å². The lowest BCUT2D eigenvalue weighted by Crippen LogP contribution is -2.50. The van der Waals surface area contributed by atoms with Gasteiger partial charge in [0.05, 0.1) is 0 Å². The Labute approximate surface area is 102 Å². The highest BCUT2D eigenvalue weighted by Gasteiger charge is 2.24. The van der Waals surface area contributed by atoms with E-state index in [0.29, 0.717) is 12.1 Å². The summed E-state index contributed by atoms with van der Waals surface area (Å²) in [5, 5.41) is 3.69. The topological polar surface area (TPSA) is 15.3 Å². The van der Waals surface area contributed by atoms with E-state index in [9.17, 15) is 0 Å². The van der Waals surface area contributed by atoms with Crippen LogP contribution in [0.5, 0.6) is 0 Å². The van der Waals surface area contributed by atoms with Crippen molar-refractivity contribution in [2.24, 2.45) is 11.8 Å². The fraction of sp³-hybridized carbons (Fsp3) is 1.00. The minimum Gasteiger partial charge on any atom is -0.312 e. The maximum atomic E-state index is 3.69. The van der Waals surface area contributed by atoms with E-state index in [1.807, 2.05) is 0 Å². The molecule has 2 heteroatoms. The summed E-state index contributed by atoms with van der Waals surface area (Å²) in [6.45, 7) is 15.3. The van der Waals surface area contributed by atoms with Crippen molar-refractivity contribution in [1.29, 1.82) is 0 Å². The van der Waals surface area contributed by atoms with Gasteiger partial charge in [-0.05, 0) is 45.1 Å². The van der Waals surface area contributed by atoms with Crippen LogP contribution in [-0.2, 0) is 0 Å². The van der Waals surface area contributed by atoms with Crippen LogP contribution in [0.4, 0.5) is 0 Å². The molecular weight excluding hydrogens is 196 g/mol. The van der Waals surface area contributed by atoms with E-state index in [4.69, 9.17) is 0 Å². The molecule has 96 valence electrons. The summed E-state index contributed by atoms with van der Waals surface area (Å²) in [6, 6.07) is 1.37. The van der Waals surface area contributed by atoms with Gasteiger partial charge in [0.25, 0.3) is 0 Å². The third kappa shape index (κ3) is 4.42. The molecule has 2 unspecified atom stereocenters. The molecule has 2 atom stereocenters. The summed E-state index contributed by atoms with van der Waals surface area (Å²) in [5.41, 5.74) is 0. The van der Waals surface area contributed by atoms with Crippen LogP contribution in [-0.4, -0.2) is 36.6 Å². The van der Waals surface area contributed by atoms with E-state index in [2.05, 4.69) is 44.8 Å². The van der Waals surface area contributed by atoms with Crippen LogP contribution in [0.3, 0.4) is 0 Å². The van der Waals surface area contributed by atoms with Crippen molar-refractivity contribution in [2.45, 2.75) is 59.5 Å². The van der Waals surface area contributed by atoms with E-state index >= 15 is 0 Å². The highest BCUT2D eigenvalue weighted by atomic mass is 15.2. The molecule has 0 aromatic rings. The second-order valence-corrected chi connectivity index (χ2v) is 6.12. The Balaban J connectivity index is 2.46. The molecule has 16 heavy (non-hydrogen) atoms. The first-order valence-corrected chi connectivity index (χ1v) is 6.98. The molecule has 1 heterocycles. The van der Waals surface area contributed by atoms with Gasteiger partial charge < -0.3 is 5.32 Å². The third-order valence-electron chi connectivity index (χ3n) is 3.69. The summed E-state index contributed by atoms with van der Waals surface area (Å²) in [5.74, 6) is 1.60. The smallest absolute Gasteiger partial charge is 0.0220 e. The molecule has 1 aliphatic heterocycles. The van der Waals surface area contributed by atoms with E-state index in [0.717, 1.165) is 11.8 Å². The predicted molar refractivity (Wildman–Crippen MR) is 71.7 cm³/mol. The first-order chi connectivity index (χ1) is 7.50. The maximum Gasteiger partial charge on any atom is 0.0220 e. The van der Waals surface area contributed by atoms with Crippen LogP contribution in [0.2, 0.25) is 0 Å². The van der Waals surface area contributed by atoms with E-state index in [1.165, 1.54) is 32.5 Å². The van der Waals surface area contributed by atoms with Gasteiger partial charge in [0, 0.05) is 25.2 Å². The van der Waals surface area contributed by atoms with Gasteiger partial charge in [0.15, 0.2) is 0 Å². The second kappa shape index (κ2) is 6.61. The quantitative estimate of drug-likeness (QED) is 0.775. The fourth-order valence-corrected chi connectivity index (χ4v) is 2.58. The first-order valence-electron chi connectivity index (χ1n) is 6.98. The zero-order valence-corrected chi connectivity index (χ0v) is 11.8. The SMILES string of the molecule is CC(C)CN(CC1NCCCC1C)C(C)C. The number of hydrogen-bond acceptors (Lipinski definition) is 2. The lowest BCUT2D eigenvalue weighted by Gasteiger charge is -2.37. The normalized spacial score (nSPS) is 27.0. The highest BCUT2D eigenvalue weighted by molar-refractivity contribution is 4.82. The van der Waals surface area contributed by atoms with Crippen molar-refractivity contribution in [2.75, 3.05) is 19.6 Å². The zero-order valence-electron chi connectivity index (χ0n) is 11.8. The molecule has 0 amide bonds. The molecule has 1 N–H and O–H groups in total. The van der Waals surface area contributed by atoms with Crippen molar-refractivity contribution in [3.05, 3.63) is 0 Å². The number of nitrogens with one attached hydrogen (secondary N) is 1. The number of piperidine rings is 1. The van der Waals surface area contributed by atoms with Gasteiger partial charge in [-0.2, -0.15) is 0 Å². The monoisotopic (exact) mass is 226 g/mol. The van der Waals surface area contributed by atoms with Gasteiger partial charge in [0.2, 0.25) is 0 Å². The Bertz CT molecular complexity index is 189. The summed E-state index contributed by atoms with van der Waals surface area (Å²) < 4.78 is 0. The molecule has 0 saturated carbocycles. The summed E-state index contributed by atoms with van der Waals surface area (Å²) in [6.07, 6.45) is 2.74. The maximum absolute atomic E-state index is 3.69. The van der Waals surface area contributed by atoms with Crippen LogP contribution in [0.25, 0.3) is 0 Å². The molecule has 1 rings (SSSR count). The van der Waals surface area contributed by atoms with Crippen molar-refractivity contribution in [3.8, 4) is 0 Å². The van der Waals surface area contributed by atoms with Crippen molar-refractivity contribution in [1.82, 2.24) is 10.2 Å². The van der Waals surface area contributed by atoms with E-state index in [1.54, 1.807) is 0 Å². The van der Waals surface area contributed by atoms with Crippen LogP contribution >= 0.6 is 0 Å². The fourth-order valence-electron chi connectivity index (χ4n) is 2.58. The summed E-state index contributed by atoms with van der Waals surface area (Å²) >= 11 is 0. The molecule has 0 spiro atoms. The molecule has 0 bridgehead atoms. The summed E-state index contributed by atoms with van der Waals surface area (Å²) in [7, 11) is 0. The molecular formula is C14H30N2. The predicted octanol–water partition coefficient (Wildman–Crippen LogP) is 2.74. The Morgan fingerprint density at radius 3 is 2.44 bits per heavy atom. The minimum atomic E-state index is 0.665. The molecule has 0 aromatic carbocycles. The van der Waals surface area contributed by atoms with Gasteiger partial charge in [-0.3, -0.25) is 4.90 Å². The standard InChI is InChI=1S/C14H30N2/c1-11(2)9-16(12(3)4)10-14-13(5)7-6-8-15-14/h11-15H,6-10H2,1-5H3. The Morgan fingerprint density at radius 1 is 1.25 bits per heavy atom. The lowest BCUT2D eigenvalue weighted by molar-refractivity contribution is 0.146. The first kappa shape index (κ1) is 14.0. The number of hydrogen-bond donors (Lipinski definition) is 1. The molecule has 2 nitrogen and oxygen atoms in total. The van der Waals surface area contributed by atoms with E-state index in [-0.39, 0.29) is 0 Å². The van der Waals surface area contributed by atoms with Crippen molar-refractivity contribution in [3.63, 3.8) is 0 Å². The molecule has 0 radical (unpaired) electrons. The van der Waals surface area contributed by atoms with Gasteiger partial charge in [0.1, 0.15) is 0 Å². The van der Waals surface area contributed by atoms with Gasteiger partial charge >= 0.3 is 0 Å². The number of nitrogens with zero attached hydrogens (tertiary/aromatic N) is 1. The average molecular weight is 226 g/mol. The minimum absolute atomic E-state index is 0.665. The van der Waals surface area contributed by atoms with Crippen LogP contribution < -0.4 is 5.32 Å². The Hall–Kier alpha value is -0.0800. The second-order valence-electron chi connectivity index (χ2n) is 6.12. The average Bonchev–Trinajstić information content (AvgIpc) is 2.19. The Kier molecular flexibility index (Phi) is 5.77. The molecule has 1 aliphatic rings. The molecule has 1 fully saturated rings. The third-order valence-corrected chi connectivity index (χ3v) is 3.69. The lowest BCUT2D eigenvalue weighted by atomic mass is 9.92. The van der Waals surface area contributed by atoms with E-state index < -0.39 is 0 Å². The highest BCUT2D eigenvalue weighted by Crippen LogP contribution is 2.17. The van der Waals surface area contributed by atoms with Crippen molar-refractivity contribution >= 4 is 0 Å². The Morgan fingerprint density at radius 2 is 1.94 bits per heavy atom. The van der Waals surface area contributed by atoms with Crippen LogP contribution in [0, 0.1) is 11.8 Å². The number of rotatable bonds is 5. The largest absolute Gasteiger partial charge is 0.312 e. The van der Waals surface area contributed by atoms with Crippen molar-refractivity contribution < 1.29 is 0 Å². The molecule has 0 aliphatic carbocycles. The van der Waals surface area contributed by atoms with Crippen LogP contribution in [0.15, 0.2) is 0 Å². The summed E-state index contributed by atoms with van der Waals surface area (Å²) in [4.78, 5) is 2.63.